The van der Waals surface area contributed by atoms with Crippen LogP contribution in [-0.2, 0) is 13.2 Å². The van der Waals surface area contributed by atoms with Gasteiger partial charge in [0.1, 0.15) is 18.1 Å². The van der Waals surface area contributed by atoms with Crippen LogP contribution in [0.2, 0.25) is 0 Å². The first-order chi connectivity index (χ1) is 10.2. The number of methoxy groups -OCH3 is 1. The Morgan fingerprint density at radius 2 is 1.71 bits per heavy atom. The van der Waals surface area contributed by atoms with Crippen molar-refractivity contribution in [3.8, 4) is 11.5 Å². The van der Waals surface area contributed by atoms with Crippen molar-refractivity contribution in [2.75, 3.05) is 7.11 Å². The molecule has 3 nitrogen and oxygen atoms in total. The van der Waals surface area contributed by atoms with E-state index in [1.54, 1.807) is 7.11 Å². The van der Waals surface area contributed by atoms with Crippen molar-refractivity contribution in [3.05, 3.63) is 59.7 Å². The molecule has 2 aromatic carbocycles. The molecule has 2 rings (SSSR count). The number of ether oxygens (including phenoxy) is 2. The SMILES string of the molecule is COc1ccccc1COc1ccc(CNC(C)C)cc1. The third kappa shape index (κ3) is 4.80. The number of nitrogens with one attached hydrogen (secondary N) is 1. The topological polar surface area (TPSA) is 30.5 Å². The third-order valence-electron chi connectivity index (χ3n) is 3.22. The molecule has 3 heteroatoms. The van der Waals surface area contributed by atoms with Crippen molar-refractivity contribution < 1.29 is 9.47 Å². The lowest BCUT2D eigenvalue weighted by molar-refractivity contribution is 0.296. The molecule has 0 aromatic heterocycles. The Morgan fingerprint density at radius 3 is 2.38 bits per heavy atom. The summed E-state index contributed by atoms with van der Waals surface area (Å²) < 4.78 is 11.1. The first kappa shape index (κ1) is 15.4. The Balaban J connectivity index is 1.91. The highest BCUT2D eigenvalue weighted by Crippen LogP contribution is 2.20. The van der Waals surface area contributed by atoms with Crippen LogP contribution >= 0.6 is 0 Å². The fourth-order valence-electron chi connectivity index (χ4n) is 2.01. The summed E-state index contributed by atoms with van der Waals surface area (Å²) in [6, 6.07) is 16.6. The Bertz CT molecular complexity index is 549. The number of benzene rings is 2. The van der Waals surface area contributed by atoms with Crippen molar-refractivity contribution in [2.45, 2.75) is 33.0 Å². The molecule has 0 atom stereocenters. The van der Waals surface area contributed by atoms with Gasteiger partial charge in [0.25, 0.3) is 0 Å². The van der Waals surface area contributed by atoms with Crippen molar-refractivity contribution in [3.63, 3.8) is 0 Å². The van der Waals surface area contributed by atoms with Crippen molar-refractivity contribution in [1.82, 2.24) is 5.32 Å². The average molecular weight is 285 g/mol. The first-order valence-electron chi connectivity index (χ1n) is 7.26. The number of hydrogen-bond donors (Lipinski definition) is 1. The van der Waals surface area contributed by atoms with Gasteiger partial charge in [-0.2, -0.15) is 0 Å². The van der Waals surface area contributed by atoms with Crippen molar-refractivity contribution >= 4 is 0 Å². The summed E-state index contributed by atoms with van der Waals surface area (Å²) >= 11 is 0. The monoisotopic (exact) mass is 285 g/mol. The minimum Gasteiger partial charge on any atom is -0.496 e. The van der Waals surface area contributed by atoms with Crippen LogP contribution in [0.5, 0.6) is 11.5 Å². The van der Waals surface area contributed by atoms with Gasteiger partial charge in [0.15, 0.2) is 0 Å². The summed E-state index contributed by atoms with van der Waals surface area (Å²) in [5, 5.41) is 3.40. The van der Waals surface area contributed by atoms with E-state index in [9.17, 15) is 0 Å². The molecule has 0 aliphatic carbocycles. The van der Waals surface area contributed by atoms with E-state index in [-0.39, 0.29) is 0 Å². The summed E-state index contributed by atoms with van der Waals surface area (Å²) in [7, 11) is 1.68. The average Bonchev–Trinajstić information content (AvgIpc) is 2.52. The second kappa shape index (κ2) is 7.70. The van der Waals surface area contributed by atoms with Crippen LogP contribution in [0.1, 0.15) is 25.0 Å². The van der Waals surface area contributed by atoms with Gasteiger partial charge in [-0.25, -0.2) is 0 Å². The molecule has 1 N–H and O–H groups in total. The zero-order valence-electron chi connectivity index (χ0n) is 12.9. The lowest BCUT2D eigenvalue weighted by Gasteiger charge is -2.11. The van der Waals surface area contributed by atoms with Gasteiger partial charge in [-0.05, 0) is 23.8 Å². The normalized spacial score (nSPS) is 10.7. The van der Waals surface area contributed by atoms with Crippen LogP contribution in [0.15, 0.2) is 48.5 Å². The molecule has 0 aliphatic rings. The molecule has 21 heavy (non-hydrogen) atoms. The molecule has 112 valence electrons. The minimum atomic E-state index is 0.492. The highest BCUT2D eigenvalue weighted by Gasteiger charge is 2.03. The van der Waals surface area contributed by atoms with E-state index in [4.69, 9.17) is 9.47 Å². The highest BCUT2D eigenvalue weighted by atomic mass is 16.5. The Kier molecular flexibility index (Phi) is 5.64. The maximum absolute atomic E-state index is 5.81. The highest BCUT2D eigenvalue weighted by molar-refractivity contribution is 5.33. The molecule has 0 radical (unpaired) electrons. The lowest BCUT2D eigenvalue weighted by Crippen LogP contribution is -2.21. The fraction of sp³-hybridized carbons (Fsp3) is 0.333. The van der Waals surface area contributed by atoms with E-state index >= 15 is 0 Å². The summed E-state index contributed by atoms with van der Waals surface area (Å²) in [6.45, 7) is 5.67. The largest absolute Gasteiger partial charge is 0.496 e. The molecule has 0 bridgehead atoms. The quantitative estimate of drug-likeness (QED) is 0.840. The van der Waals surface area contributed by atoms with Crippen LogP contribution in [0.4, 0.5) is 0 Å². The summed E-state index contributed by atoms with van der Waals surface area (Å²) in [5.74, 6) is 1.73. The smallest absolute Gasteiger partial charge is 0.125 e. The summed E-state index contributed by atoms with van der Waals surface area (Å²) in [5.41, 5.74) is 2.30. The van der Waals surface area contributed by atoms with Gasteiger partial charge in [0.2, 0.25) is 0 Å². The van der Waals surface area contributed by atoms with Crippen molar-refractivity contribution in [1.29, 1.82) is 0 Å². The fourth-order valence-corrected chi connectivity index (χ4v) is 2.01. The molecule has 0 fully saturated rings. The van der Waals surface area contributed by atoms with Crippen LogP contribution in [0, 0.1) is 0 Å². The van der Waals surface area contributed by atoms with Crippen LogP contribution in [-0.4, -0.2) is 13.2 Å². The molecule has 0 saturated heterocycles. The maximum atomic E-state index is 5.81. The van der Waals surface area contributed by atoms with E-state index in [2.05, 4.69) is 31.3 Å². The molecule has 2 aromatic rings. The molecule has 0 spiro atoms. The van der Waals surface area contributed by atoms with E-state index in [1.165, 1.54) is 5.56 Å². The lowest BCUT2D eigenvalue weighted by atomic mass is 10.2. The maximum Gasteiger partial charge on any atom is 0.125 e. The van der Waals surface area contributed by atoms with Gasteiger partial charge < -0.3 is 14.8 Å². The molecule has 0 heterocycles. The van der Waals surface area contributed by atoms with E-state index in [1.807, 2.05) is 36.4 Å². The molecular weight excluding hydrogens is 262 g/mol. The number of rotatable bonds is 7. The molecule has 0 unspecified atom stereocenters. The second-order valence-electron chi connectivity index (χ2n) is 5.28. The van der Waals surface area contributed by atoms with Crippen molar-refractivity contribution in [2.24, 2.45) is 0 Å². The minimum absolute atomic E-state index is 0.492. The van der Waals surface area contributed by atoms with Gasteiger partial charge in [-0.15, -0.1) is 0 Å². The second-order valence-corrected chi connectivity index (χ2v) is 5.28. The zero-order chi connectivity index (χ0) is 15.1. The zero-order valence-corrected chi connectivity index (χ0v) is 12.9. The van der Waals surface area contributed by atoms with Gasteiger partial charge in [0.05, 0.1) is 7.11 Å². The van der Waals surface area contributed by atoms with Crippen LogP contribution < -0.4 is 14.8 Å². The molecule has 0 saturated carbocycles. The van der Waals surface area contributed by atoms with E-state index in [0.29, 0.717) is 12.6 Å². The summed E-state index contributed by atoms with van der Waals surface area (Å²) in [4.78, 5) is 0. The van der Waals surface area contributed by atoms with Gasteiger partial charge >= 0.3 is 0 Å². The number of para-hydroxylation sites is 1. The Labute approximate surface area is 126 Å². The predicted octanol–water partition coefficient (Wildman–Crippen LogP) is 3.77. The standard InChI is InChI=1S/C18H23NO2/c1-14(2)19-12-15-8-10-17(11-9-15)21-13-16-6-4-5-7-18(16)20-3/h4-11,14,19H,12-13H2,1-3H3. The van der Waals surface area contributed by atoms with Gasteiger partial charge in [-0.1, -0.05) is 44.2 Å². The van der Waals surface area contributed by atoms with E-state index in [0.717, 1.165) is 23.6 Å². The first-order valence-corrected chi connectivity index (χ1v) is 7.26. The Morgan fingerprint density at radius 1 is 1.00 bits per heavy atom. The molecule has 0 aliphatic heterocycles. The van der Waals surface area contributed by atoms with Crippen LogP contribution in [0.3, 0.4) is 0 Å². The van der Waals surface area contributed by atoms with Crippen LogP contribution in [0.25, 0.3) is 0 Å². The third-order valence-corrected chi connectivity index (χ3v) is 3.22. The molecular formula is C18H23NO2. The Hall–Kier alpha value is -2.00. The van der Waals surface area contributed by atoms with Gasteiger partial charge in [0, 0.05) is 18.2 Å². The van der Waals surface area contributed by atoms with E-state index < -0.39 is 0 Å². The predicted molar refractivity (Wildman–Crippen MR) is 85.7 cm³/mol. The van der Waals surface area contributed by atoms with Gasteiger partial charge in [-0.3, -0.25) is 0 Å². The number of hydrogen-bond acceptors (Lipinski definition) is 3. The summed E-state index contributed by atoms with van der Waals surface area (Å²) in [6.07, 6.45) is 0. The molecule has 0 amide bonds.